The second-order valence-corrected chi connectivity index (χ2v) is 14.0. The third-order valence-corrected chi connectivity index (χ3v) is 11.2. The van der Waals surface area contributed by atoms with E-state index in [2.05, 4.69) is 5.32 Å². The Hall–Kier alpha value is -2.81. The van der Waals surface area contributed by atoms with Crippen LogP contribution in [0.2, 0.25) is 0 Å². The quantitative estimate of drug-likeness (QED) is 0.274. The number of carbonyl (C=O) groups is 4. The number of alkyl carbamates (subject to hydrolysis) is 1. The number of alkyl halides is 3. The summed E-state index contributed by atoms with van der Waals surface area (Å²) < 4.78 is 61.5. The van der Waals surface area contributed by atoms with Gasteiger partial charge < -0.3 is 35.5 Å². The van der Waals surface area contributed by atoms with Crippen LogP contribution in [0.3, 0.4) is 0 Å². The van der Waals surface area contributed by atoms with Gasteiger partial charge in [-0.15, -0.1) is 0 Å². The van der Waals surface area contributed by atoms with E-state index in [1.54, 1.807) is 33.8 Å². The van der Waals surface area contributed by atoms with Crippen molar-refractivity contribution in [3.05, 3.63) is 23.8 Å². The van der Waals surface area contributed by atoms with Crippen LogP contribution >= 0.6 is 0 Å². The molecule has 0 aromatic heterocycles. The highest BCUT2D eigenvalue weighted by atomic mass is 19.3. The lowest BCUT2D eigenvalue weighted by molar-refractivity contribution is -0.246. The summed E-state index contributed by atoms with van der Waals surface area (Å²) in [6.07, 6.45) is -2.33. The monoisotopic (exact) mass is 642 g/mol. The van der Waals surface area contributed by atoms with Gasteiger partial charge in [0.1, 0.15) is 0 Å². The van der Waals surface area contributed by atoms with E-state index in [9.17, 15) is 33.1 Å². The van der Waals surface area contributed by atoms with E-state index >= 15 is 4.39 Å². The first-order valence-electron chi connectivity index (χ1n) is 15.2. The number of amides is 1. The van der Waals surface area contributed by atoms with Gasteiger partial charge >= 0.3 is 12.1 Å². The van der Waals surface area contributed by atoms with Gasteiger partial charge in [0.15, 0.2) is 35.0 Å². The Morgan fingerprint density at radius 3 is 2.56 bits per heavy atom. The minimum atomic E-state index is -3.32. The van der Waals surface area contributed by atoms with Crippen LogP contribution in [0.15, 0.2) is 23.8 Å². The summed E-state index contributed by atoms with van der Waals surface area (Å²) in [5.41, 5.74) is -3.00. The first-order valence-corrected chi connectivity index (χ1v) is 15.2. The largest absolute Gasteiger partial charge is 0.480 e. The molecule has 0 aromatic rings. The number of carbonyl (C=O) groups excluding carboxylic acids is 3. The minimum Gasteiger partial charge on any atom is -0.480 e. The minimum absolute atomic E-state index is 0.155. The second kappa shape index (κ2) is 10.9. The Morgan fingerprint density at radius 1 is 1.22 bits per heavy atom. The van der Waals surface area contributed by atoms with E-state index < -0.39 is 94.8 Å². The van der Waals surface area contributed by atoms with Gasteiger partial charge in [-0.3, -0.25) is 9.59 Å². The van der Waals surface area contributed by atoms with E-state index in [4.69, 9.17) is 25.1 Å². The van der Waals surface area contributed by atoms with Gasteiger partial charge in [0.2, 0.25) is 5.78 Å². The number of aliphatic hydroxyl groups is 1. The van der Waals surface area contributed by atoms with Crippen molar-refractivity contribution in [3.8, 4) is 0 Å². The van der Waals surface area contributed by atoms with Gasteiger partial charge in [0.25, 0.3) is 6.43 Å². The molecule has 1 heterocycles. The van der Waals surface area contributed by atoms with E-state index in [1.165, 1.54) is 12.2 Å². The van der Waals surface area contributed by atoms with Crippen LogP contribution in [0, 0.1) is 22.7 Å². The van der Waals surface area contributed by atoms with Crippen molar-refractivity contribution in [2.75, 3.05) is 13.2 Å². The fraction of sp³-hybridized carbons (Fsp3) is 0.742. The fourth-order valence-electron chi connectivity index (χ4n) is 8.98. The zero-order chi connectivity index (χ0) is 33.4. The maximum absolute atomic E-state index is 17.5. The summed E-state index contributed by atoms with van der Waals surface area (Å²) >= 11 is 0. The van der Waals surface area contributed by atoms with Crippen LogP contribution in [0.1, 0.15) is 66.2 Å². The first-order chi connectivity index (χ1) is 20.8. The molecule has 4 aliphatic carbocycles. The number of carboxylic acids is 1. The Morgan fingerprint density at radius 2 is 1.91 bits per heavy atom. The van der Waals surface area contributed by atoms with Gasteiger partial charge in [-0.1, -0.05) is 18.6 Å². The average molecular weight is 643 g/mol. The lowest BCUT2D eigenvalue weighted by Gasteiger charge is -2.62. The van der Waals surface area contributed by atoms with Crippen molar-refractivity contribution in [1.82, 2.24) is 5.32 Å². The van der Waals surface area contributed by atoms with Crippen LogP contribution < -0.4 is 11.1 Å². The molecule has 1 amide bonds. The number of rotatable bonds is 9. The third kappa shape index (κ3) is 4.77. The van der Waals surface area contributed by atoms with Gasteiger partial charge in [-0.05, 0) is 77.4 Å². The molecule has 5 N–H and O–H groups in total. The summed E-state index contributed by atoms with van der Waals surface area (Å²) in [5, 5.41) is 22.9. The smallest absolute Gasteiger partial charge is 0.407 e. The van der Waals surface area contributed by atoms with Gasteiger partial charge in [-0.2, -0.15) is 0 Å². The normalized spacial score (nSPS) is 40.8. The molecule has 3 saturated carbocycles. The molecular weight excluding hydrogens is 601 g/mol. The molecule has 14 heteroatoms. The summed E-state index contributed by atoms with van der Waals surface area (Å²) in [6, 6.07) is 0. The predicted octanol–water partition coefficient (Wildman–Crippen LogP) is 2.98. The highest BCUT2D eigenvalue weighted by Crippen LogP contribution is 2.72. The zero-order valence-electron chi connectivity index (χ0n) is 25.7. The number of nitrogens with one attached hydrogen (secondary N) is 1. The van der Waals surface area contributed by atoms with Crippen molar-refractivity contribution in [1.29, 1.82) is 0 Å². The molecule has 9 atom stereocenters. The van der Waals surface area contributed by atoms with Crippen LogP contribution in [0.4, 0.5) is 18.0 Å². The van der Waals surface area contributed by atoms with Crippen molar-refractivity contribution in [2.24, 2.45) is 28.4 Å². The molecule has 5 rings (SSSR count). The highest BCUT2D eigenvalue weighted by molar-refractivity contribution is 6.01. The number of ether oxygens (including phenoxy) is 3. The molecule has 5 aliphatic rings. The standard InChI is InChI=1S/C31H41F3N2O9/c1-26(2)44-22-13-19-18-7-6-16-12-17(37)8-10-27(16,3)30(18,34)20(38)14-28(19,4)31(22,45-26)21(39)15-43-25(42)36-11-5-9-29(35,23(32)33)24(40)41/h8,10,12,18-20,22-23,38H,5-7,9,11,13-15,35H2,1-4H3,(H,36,42)(H,40,41). The summed E-state index contributed by atoms with van der Waals surface area (Å²) in [7, 11) is 0. The molecule has 0 spiro atoms. The second-order valence-electron chi connectivity index (χ2n) is 14.0. The van der Waals surface area contributed by atoms with E-state index in [-0.39, 0.29) is 31.6 Å². The Balaban J connectivity index is 1.33. The average Bonchev–Trinajstić information content (AvgIpc) is 3.36. The van der Waals surface area contributed by atoms with Crippen LogP contribution in [-0.2, 0) is 28.6 Å². The molecule has 11 nitrogen and oxygen atoms in total. The lowest BCUT2D eigenvalue weighted by Crippen LogP contribution is -2.70. The third-order valence-electron chi connectivity index (χ3n) is 11.2. The number of hydrogen-bond donors (Lipinski definition) is 4. The van der Waals surface area contributed by atoms with Crippen molar-refractivity contribution in [3.63, 3.8) is 0 Å². The highest BCUT2D eigenvalue weighted by Gasteiger charge is 2.80. The van der Waals surface area contributed by atoms with E-state index in [1.807, 2.05) is 0 Å². The van der Waals surface area contributed by atoms with E-state index in [0.717, 1.165) is 0 Å². The van der Waals surface area contributed by atoms with Gasteiger partial charge in [0, 0.05) is 23.3 Å². The maximum atomic E-state index is 17.5. The van der Waals surface area contributed by atoms with Gasteiger partial charge in [-0.25, -0.2) is 22.8 Å². The molecule has 1 aliphatic heterocycles. The summed E-state index contributed by atoms with van der Waals surface area (Å²) in [4.78, 5) is 49.7. The molecule has 250 valence electrons. The Bertz CT molecular complexity index is 1360. The molecule has 0 radical (unpaired) electrons. The number of fused-ring (bicyclic) bond motifs is 7. The number of ketones is 2. The Kier molecular flexibility index (Phi) is 8.11. The lowest BCUT2D eigenvalue weighted by atomic mass is 9.44. The number of allylic oxidation sites excluding steroid dienone is 4. The molecule has 9 unspecified atom stereocenters. The van der Waals surface area contributed by atoms with Crippen molar-refractivity contribution < 1.29 is 56.8 Å². The van der Waals surface area contributed by atoms with Gasteiger partial charge in [0.05, 0.1) is 12.2 Å². The van der Waals surface area contributed by atoms with Crippen molar-refractivity contribution >= 4 is 23.6 Å². The molecule has 1 saturated heterocycles. The zero-order valence-corrected chi connectivity index (χ0v) is 25.7. The van der Waals surface area contributed by atoms with E-state index in [0.29, 0.717) is 18.4 Å². The van der Waals surface area contributed by atoms with Crippen LogP contribution in [0.25, 0.3) is 0 Å². The summed E-state index contributed by atoms with van der Waals surface area (Å²) in [5.74, 6) is -5.10. The molecule has 45 heavy (non-hydrogen) atoms. The summed E-state index contributed by atoms with van der Waals surface area (Å²) in [6.45, 7) is 5.76. The number of nitrogens with two attached hydrogens (primary N) is 1. The fourth-order valence-corrected chi connectivity index (χ4v) is 8.98. The number of carboxylic acid groups (broad SMARTS) is 1. The number of Topliss-reactive ketones (excluding diaryl/α,β-unsaturated/α-hetero) is 1. The number of hydrogen-bond acceptors (Lipinski definition) is 9. The SMILES string of the molecule is CC1(C)OC2CC3C4CCC5=CC(=O)C=CC5(C)C4(F)C(O)CC3(C)C2(C(=O)COC(=O)NCCCC(N)(C(=O)O)C(F)F)O1. The first kappa shape index (κ1) is 33.6. The number of aliphatic hydroxyl groups excluding tert-OH is 1. The number of halogens is 3. The maximum Gasteiger partial charge on any atom is 0.407 e. The molecule has 4 fully saturated rings. The van der Waals surface area contributed by atoms with Crippen LogP contribution in [-0.4, -0.2) is 88.2 Å². The van der Waals surface area contributed by atoms with Crippen molar-refractivity contribution in [2.45, 2.75) is 107 Å². The molecule has 0 aromatic carbocycles. The molecular formula is C31H41F3N2O9. The predicted molar refractivity (Wildman–Crippen MR) is 151 cm³/mol. The Labute approximate surface area is 258 Å². The molecule has 0 bridgehead atoms. The topological polar surface area (TPSA) is 174 Å². The number of aliphatic carboxylic acids is 1. The van der Waals surface area contributed by atoms with Crippen LogP contribution in [0.5, 0.6) is 0 Å².